The minimum absolute atomic E-state index is 0.298. The topological polar surface area (TPSA) is 39.1 Å². The van der Waals surface area contributed by atoms with Crippen molar-refractivity contribution in [2.45, 2.75) is 32.9 Å². The zero-order chi connectivity index (χ0) is 13.7. The number of rotatable bonds is 7. The van der Waals surface area contributed by atoms with Crippen molar-refractivity contribution in [3.8, 4) is 5.75 Å². The summed E-state index contributed by atoms with van der Waals surface area (Å²) in [5, 5.41) is 5.58. The summed E-state index contributed by atoms with van der Waals surface area (Å²) in [7, 11) is 1.71. The van der Waals surface area contributed by atoms with E-state index in [1.165, 1.54) is 4.88 Å². The fourth-order valence-electron chi connectivity index (χ4n) is 2.14. The molecule has 0 saturated carbocycles. The van der Waals surface area contributed by atoms with Gasteiger partial charge in [0.05, 0.1) is 7.11 Å². The van der Waals surface area contributed by atoms with Gasteiger partial charge in [0, 0.05) is 41.7 Å². The van der Waals surface area contributed by atoms with Crippen LogP contribution in [0, 0.1) is 0 Å². The van der Waals surface area contributed by atoms with Crippen LogP contribution in [0.4, 0.5) is 0 Å². The van der Waals surface area contributed by atoms with E-state index in [1.807, 2.05) is 17.8 Å². The number of thiophene rings is 1. The molecule has 1 unspecified atom stereocenters. The molecule has 0 bridgehead atoms. The van der Waals surface area contributed by atoms with E-state index in [2.05, 4.69) is 34.8 Å². The fraction of sp³-hybridized carbons (Fsp3) is 0.500. The number of likely N-dealkylation sites (N-methyl/N-ethyl adjacent to an activating group) is 1. The molecule has 104 valence electrons. The Morgan fingerprint density at radius 2 is 2.32 bits per heavy atom. The zero-order valence-corrected chi connectivity index (χ0v) is 12.5. The maximum absolute atomic E-state index is 5.27. The van der Waals surface area contributed by atoms with Gasteiger partial charge in [0.1, 0.15) is 11.6 Å². The Balaban J connectivity index is 2.16. The van der Waals surface area contributed by atoms with Crippen molar-refractivity contribution in [2.75, 3.05) is 13.7 Å². The average molecular weight is 279 g/mol. The number of hydrogen-bond acceptors (Lipinski definition) is 4. The number of aryl methyl sites for hydroxylation is 1. The third-order valence-corrected chi connectivity index (χ3v) is 4.18. The lowest BCUT2D eigenvalue weighted by atomic mass is 10.1. The van der Waals surface area contributed by atoms with Gasteiger partial charge in [-0.1, -0.05) is 6.92 Å². The van der Waals surface area contributed by atoms with Crippen molar-refractivity contribution in [3.63, 3.8) is 0 Å². The Labute approximate surface area is 118 Å². The lowest BCUT2D eigenvalue weighted by Gasteiger charge is -2.16. The highest BCUT2D eigenvalue weighted by Crippen LogP contribution is 2.28. The van der Waals surface area contributed by atoms with Gasteiger partial charge in [0.15, 0.2) is 0 Å². The van der Waals surface area contributed by atoms with Gasteiger partial charge in [0.2, 0.25) is 0 Å². The first-order chi connectivity index (χ1) is 9.28. The van der Waals surface area contributed by atoms with Crippen molar-refractivity contribution >= 4 is 11.3 Å². The molecule has 2 rings (SSSR count). The standard InChI is InChI=1S/C14H21N3OS/c1-4-15-12(13-8-11(18-3)10-19-13)9-14-16-6-7-17(14)5-2/h6-8,10,12,15H,4-5,9H2,1-3H3. The summed E-state index contributed by atoms with van der Waals surface area (Å²) in [6, 6.07) is 2.41. The molecule has 0 aromatic carbocycles. The highest BCUT2D eigenvalue weighted by molar-refractivity contribution is 7.10. The number of methoxy groups -OCH3 is 1. The van der Waals surface area contributed by atoms with Crippen LogP contribution >= 0.6 is 11.3 Å². The second kappa shape index (κ2) is 6.73. The Hall–Kier alpha value is -1.33. The molecule has 0 aliphatic rings. The molecule has 5 heteroatoms. The number of nitrogens with zero attached hydrogens (tertiary/aromatic N) is 2. The molecule has 0 aliphatic carbocycles. The van der Waals surface area contributed by atoms with E-state index in [0.29, 0.717) is 6.04 Å². The predicted molar refractivity (Wildman–Crippen MR) is 78.9 cm³/mol. The maximum Gasteiger partial charge on any atom is 0.129 e. The molecule has 2 aromatic heterocycles. The van der Waals surface area contributed by atoms with E-state index < -0.39 is 0 Å². The number of hydrogen-bond donors (Lipinski definition) is 1. The summed E-state index contributed by atoms with van der Waals surface area (Å²) in [4.78, 5) is 5.75. The molecule has 2 heterocycles. The summed E-state index contributed by atoms with van der Waals surface area (Å²) in [6.45, 7) is 6.17. The quantitative estimate of drug-likeness (QED) is 0.847. The second-order valence-corrected chi connectivity index (χ2v) is 5.28. The van der Waals surface area contributed by atoms with Crippen LogP contribution in [-0.4, -0.2) is 23.2 Å². The number of nitrogens with one attached hydrogen (secondary N) is 1. The van der Waals surface area contributed by atoms with E-state index in [0.717, 1.165) is 31.1 Å². The van der Waals surface area contributed by atoms with Crippen molar-refractivity contribution in [2.24, 2.45) is 0 Å². The number of imidazole rings is 1. The number of aromatic nitrogens is 2. The molecule has 1 atom stereocenters. The predicted octanol–water partition coefficient (Wildman–Crippen LogP) is 2.87. The van der Waals surface area contributed by atoms with Crippen LogP contribution in [0.15, 0.2) is 23.8 Å². The Kier molecular flexibility index (Phi) is 4.99. The summed E-state index contributed by atoms with van der Waals surface area (Å²) >= 11 is 1.73. The summed E-state index contributed by atoms with van der Waals surface area (Å²) < 4.78 is 7.45. The number of ether oxygens (including phenoxy) is 1. The van der Waals surface area contributed by atoms with Crippen LogP contribution in [0.1, 0.15) is 30.6 Å². The molecule has 0 aliphatic heterocycles. The molecule has 19 heavy (non-hydrogen) atoms. The van der Waals surface area contributed by atoms with Gasteiger partial charge in [-0.25, -0.2) is 4.98 Å². The first kappa shape index (κ1) is 14.1. The normalized spacial score (nSPS) is 12.6. The van der Waals surface area contributed by atoms with Gasteiger partial charge in [-0.2, -0.15) is 0 Å². The summed E-state index contributed by atoms with van der Waals surface area (Å²) in [5.41, 5.74) is 0. The van der Waals surface area contributed by atoms with Crippen LogP contribution in [0.3, 0.4) is 0 Å². The van der Waals surface area contributed by atoms with Crippen LogP contribution in [-0.2, 0) is 13.0 Å². The monoisotopic (exact) mass is 279 g/mol. The molecular weight excluding hydrogens is 258 g/mol. The molecule has 0 radical (unpaired) electrons. The molecular formula is C14H21N3OS. The second-order valence-electron chi connectivity index (χ2n) is 4.33. The molecule has 2 aromatic rings. The van der Waals surface area contributed by atoms with Gasteiger partial charge < -0.3 is 14.6 Å². The van der Waals surface area contributed by atoms with E-state index >= 15 is 0 Å². The van der Waals surface area contributed by atoms with E-state index in [9.17, 15) is 0 Å². The minimum atomic E-state index is 0.298. The smallest absolute Gasteiger partial charge is 0.129 e. The summed E-state index contributed by atoms with van der Waals surface area (Å²) in [6.07, 6.45) is 4.81. The van der Waals surface area contributed by atoms with E-state index in [1.54, 1.807) is 18.4 Å². The van der Waals surface area contributed by atoms with Crippen LogP contribution in [0.25, 0.3) is 0 Å². The van der Waals surface area contributed by atoms with Crippen LogP contribution < -0.4 is 10.1 Å². The van der Waals surface area contributed by atoms with Gasteiger partial charge in [-0.3, -0.25) is 0 Å². The van der Waals surface area contributed by atoms with Gasteiger partial charge >= 0.3 is 0 Å². The van der Waals surface area contributed by atoms with Crippen molar-refractivity contribution < 1.29 is 4.74 Å². The third kappa shape index (κ3) is 3.36. The first-order valence-corrected chi connectivity index (χ1v) is 7.52. The Morgan fingerprint density at radius 1 is 1.47 bits per heavy atom. The van der Waals surface area contributed by atoms with Crippen LogP contribution in [0.5, 0.6) is 5.75 Å². The van der Waals surface area contributed by atoms with Gasteiger partial charge in [0.25, 0.3) is 0 Å². The van der Waals surface area contributed by atoms with Crippen molar-refractivity contribution in [1.29, 1.82) is 0 Å². The molecule has 4 nitrogen and oxygen atoms in total. The van der Waals surface area contributed by atoms with E-state index in [-0.39, 0.29) is 0 Å². The highest BCUT2D eigenvalue weighted by Gasteiger charge is 2.16. The third-order valence-electron chi connectivity index (χ3n) is 3.15. The lowest BCUT2D eigenvalue weighted by Crippen LogP contribution is -2.23. The van der Waals surface area contributed by atoms with Crippen molar-refractivity contribution in [1.82, 2.24) is 14.9 Å². The minimum Gasteiger partial charge on any atom is -0.496 e. The zero-order valence-electron chi connectivity index (χ0n) is 11.7. The molecule has 0 fully saturated rings. The highest BCUT2D eigenvalue weighted by atomic mass is 32.1. The van der Waals surface area contributed by atoms with E-state index in [4.69, 9.17) is 4.74 Å². The summed E-state index contributed by atoms with van der Waals surface area (Å²) in [5.74, 6) is 2.06. The molecule has 0 spiro atoms. The van der Waals surface area contributed by atoms with Gasteiger partial charge in [-0.15, -0.1) is 11.3 Å². The largest absolute Gasteiger partial charge is 0.496 e. The van der Waals surface area contributed by atoms with Crippen LogP contribution in [0.2, 0.25) is 0 Å². The molecule has 0 amide bonds. The Bertz CT molecular complexity index is 506. The maximum atomic E-state index is 5.27. The Morgan fingerprint density at radius 3 is 2.95 bits per heavy atom. The fourth-order valence-corrected chi connectivity index (χ4v) is 3.08. The SMILES string of the molecule is CCNC(Cc1nccn1CC)c1cc(OC)cs1. The van der Waals surface area contributed by atoms with Gasteiger partial charge in [-0.05, 0) is 19.5 Å². The molecule has 1 N–H and O–H groups in total. The van der Waals surface area contributed by atoms with Crippen molar-refractivity contribution in [3.05, 3.63) is 34.5 Å². The first-order valence-electron chi connectivity index (χ1n) is 6.64. The average Bonchev–Trinajstić information content (AvgIpc) is 3.06. The molecule has 0 saturated heterocycles. The lowest BCUT2D eigenvalue weighted by molar-refractivity contribution is 0.415.